The van der Waals surface area contributed by atoms with Crippen LogP contribution in [0.4, 0.5) is 18.3 Å². The summed E-state index contributed by atoms with van der Waals surface area (Å²) in [6, 6.07) is 6.93. The minimum absolute atomic E-state index is 0.0610. The van der Waals surface area contributed by atoms with Crippen molar-refractivity contribution < 1.29 is 27.5 Å². The Hall–Kier alpha value is -2.63. The van der Waals surface area contributed by atoms with E-state index in [0.717, 1.165) is 66.9 Å². The second-order valence-corrected chi connectivity index (χ2v) is 10.3. The van der Waals surface area contributed by atoms with Crippen molar-refractivity contribution >= 4 is 46.4 Å². The quantitative estimate of drug-likeness (QED) is 0.341. The SMILES string of the molecule is NC1CCC(COc2cc(F)c(SNc3ncns3)cc2F)(Cc2ccc(Cl)c(F)c2)CC1.O=C=O. The molecule has 36 heavy (non-hydrogen) atoms. The number of hydrogen-bond donors (Lipinski definition) is 2. The molecule has 1 aliphatic carbocycles. The molecule has 1 fully saturated rings. The standard InChI is InChI=1S/C22H22ClF3N4OS2.CO2/c23-15-2-1-13(7-16(15)24)10-22(5-3-14(27)4-6-22)11-31-19-8-18(26)20(9-17(19)25)32-30-21-28-12-29-33-21;2-1-3/h1-2,7-9,12,14H,3-6,10-11,27H2,(H,28,29,30);. The Morgan fingerprint density at radius 3 is 2.53 bits per heavy atom. The number of halogens is 4. The molecule has 0 atom stereocenters. The molecular weight excluding hydrogens is 537 g/mol. The first kappa shape index (κ1) is 27.9. The Bertz CT molecular complexity index is 1190. The van der Waals surface area contributed by atoms with E-state index < -0.39 is 17.5 Å². The van der Waals surface area contributed by atoms with Crippen molar-refractivity contribution in [1.29, 1.82) is 0 Å². The Balaban J connectivity index is 0.00000115. The maximum Gasteiger partial charge on any atom is 0.373 e. The van der Waals surface area contributed by atoms with Crippen molar-refractivity contribution in [2.45, 2.75) is 43.0 Å². The van der Waals surface area contributed by atoms with E-state index in [1.54, 1.807) is 6.07 Å². The van der Waals surface area contributed by atoms with Gasteiger partial charge in [-0.3, -0.25) is 0 Å². The number of aromatic nitrogens is 2. The van der Waals surface area contributed by atoms with E-state index in [1.165, 1.54) is 18.5 Å². The van der Waals surface area contributed by atoms with Crippen LogP contribution in [0.5, 0.6) is 5.75 Å². The van der Waals surface area contributed by atoms with Crippen LogP contribution in [0.3, 0.4) is 0 Å². The van der Waals surface area contributed by atoms with Crippen LogP contribution in [0.2, 0.25) is 5.02 Å². The molecule has 1 aromatic heterocycles. The summed E-state index contributed by atoms with van der Waals surface area (Å²) < 4.78 is 55.7. The number of nitrogens with zero attached hydrogens (tertiary/aromatic N) is 2. The number of rotatable bonds is 8. The van der Waals surface area contributed by atoms with Crippen LogP contribution < -0.4 is 15.2 Å². The van der Waals surface area contributed by atoms with Gasteiger partial charge in [0, 0.05) is 29.1 Å². The summed E-state index contributed by atoms with van der Waals surface area (Å²) in [7, 11) is 0. The molecule has 0 radical (unpaired) electrons. The van der Waals surface area contributed by atoms with Crippen LogP contribution in [0, 0.1) is 22.9 Å². The third-order valence-electron chi connectivity index (χ3n) is 5.78. The van der Waals surface area contributed by atoms with Gasteiger partial charge in [-0.2, -0.15) is 14.0 Å². The van der Waals surface area contributed by atoms with Crippen LogP contribution in [0.15, 0.2) is 41.6 Å². The predicted octanol–water partition coefficient (Wildman–Crippen LogP) is 5.65. The van der Waals surface area contributed by atoms with E-state index >= 15 is 0 Å². The van der Waals surface area contributed by atoms with Gasteiger partial charge in [0.05, 0.1) is 16.5 Å². The molecule has 0 bridgehead atoms. The molecule has 0 unspecified atom stereocenters. The monoisotopic (exact) mass is 558 g/mol. The molecule has 1 aliphatic rings. The highest BCUT2D eigenvalue weighted by atomic mass is 35.5. The third-order valence-corrected chi connectivity index (χ3v) is 7.63. The zero-order valence-electron chi connectivity index (χ0n) is 18.8. The molecule has 0 spiro atoms. The van der Waals surface area contributed by atoms with Gasteiger partial charge in [0.1, 0.15) is 18.0 Å². The average molecular weight is 559 g/mol. The van der Waals surface area contributed by atoms with Gasteiger partial charge < -0.3 is 15.2 Å². The van der Waals surface area contributed by atoms with Gasteiger partial charge in [-0.05, 0) is 67.8 Å². The molecule has 0 amide bonds. The summed E-state index contributed by atoms with van der Waals surface area (Å²) in [6.07, 6.45) is 5.18. The van der Waals surface area contributed by atoms with Crippen LogP contribution in [0.1, 0.15) is 31.2 Å². The largest absolute Gasteiger partial charge is 0.490 e. The molecular formula is C23H22ClF3N4O3S2. The second kappa shape index (κ2) is 13.1. The van der Waals surface area contributed by atoms with E-state index in [0.29, 0.717) is 11.6 Å². The lowest BCUT2D eigenvalue weighted by molar-refractivity contribution is -0.191. The van der Waals surface area contributed by atoms with Gasteiger partial charge in [0.15, 0.2) is 11.6 Å². The molecule has 192 valence electrons. The van der Waals surface area contributed by atoms with Crippen molar-refractivity contribution in [1.82, 2.24) is 9.36 Å². The summed E-state index contributed by atoms with van der Waals surface area (Å²) in [5.41, 5.74) is 6.49. The highest BCUT2D eigenvalue weighted by molar-refractivity contribution is 8.00. The summed E-state index contributed by atoms with van der Waals surface area (Å²) in [6.45, 7) is 0.163. The summed E-state index contributed by atoms with van der Waals surface area (Å²) in [5.74, 6) is -1.93. The summed E-state index contributed by atoms with van der Waals surface area (Å²) in [5, 5.41) is 0.544. The first-order valence-corrected chi connectivity index (χ1v) is 12.7. The lowest BCUT2D eigenvalue weighted by Gasteiger charge is -2.39. The van der Waals surface area contributed by atoms with Crippen molar-refractivity contribution in [3.63, 3.8) is 0 Å². The van der Waals surface area contributed by atoms with Crippen molar-refractivity contribution in [3.8, 4) is 5.75 Å². The number of hydrogen-bond acceptors (Lipinski definition) is 9. The molecule has 4 rings (SSSR count). The van der Waals surface area contributed by atoms with Crippen molar-refractivity contribution in [2.24, 2.45) is 11.1 Å². The molecule has 3 N–H and O–H groups in total. The Morgan fingerprint density at radius 1 is 1.17 bits per heavy atom. The molecule has 3 aromatic rings. The molecule has 1 heterocycles. The summed E-state index contributed by atoms with van der Waals surface area (Å²) in [4.78, 5) is 20.3. The minimum Gasteiger partial charge on any atom is -0.490 e. The van der Waals surface area contributed by atoms with E-state index in [-0.39, 0.29) is 39.9 Å². The number of carbonyl (C=O) groups excluding carboxylic acids is 2. The predicted molar refractivity (Wildman–Crippen MR) is 130 cm³/mol. The van der Waals surface area contributed by atoms with Gasteiger partial charge in [-0.1, -0.05) is 17.7 Å². The molecule has 0 saturated heterocycles. The van der Waals surface area contributed by atoms with Gasteiger partial charge >= 0.3 is 6.15 Å². The first-order valence-electron chi connectivity index (χ1n) is 10.8. The van der Waals surface area contributed by atoms with E-state index in [1.807, 2.05) is 0 Å². The first-order chi connectivity index (χ1) is 17.2. The smallest absolute Gasteiger partial charge is 0.373 e. The lowest BCUT2D eigenvalue weighted by atomic mass is 9.69. The number of benzene rings is 2. The number of nitrogens with one attached hydrogen (secondary N) is 1. The maximum absolute atomic E-state index is 14.7. The Labute approximate surface area is 218 Å². The molecule has 0 aliphatic heterocycles. The van der Waals surface area contributed by atoms with Gasteiger partial charge in [-0.15, -0.1) is 0 Å². The highest BCUT2D eigenvalue weighted by Gasteiger charge is 2.36. The van der Waals surface area contributed by atoms with E-state index in [9.17, 15) is 13.2 Å². The number of nitrogens with two attached hydrogens (primary N) is 1. The zero-order valence-corrected chi connectivity index (χ0v) is 21.2. The van der Waals surface area contributed by atoms with Gasteiger partial charge in [0.25, 0.3) is 0 Å². The second-order valence-electron chi connectivity index (χ2n) is 8.30. The lowest BCUT2D eigenvalue weighted by Crippen LogP contribution is -2.39. The zero-order chi connectivity index (χ0) is 26.1. The maximum atomic E-state index is 14.7. The van der Waals surface area contributed by atoms with Crippen molar-refractivity contribution in [2.75, 3.05) is 11.3 Å². The fourth-order valence-corrected chi connectivity index (χ4v) is 5.20. The fourth-order valence-electron chi connectivity index (χ4n) is 3.95. The van der Waals surface area contributed by atoms with Gasteiger partial charge in [0.2, 0.25) is 5.13 Å². The number of anilines is 1. The van der Waals surface area contributed by atoms with Crippen LogP contribution >= 0.6 is 35.1 Å². The number of ether oxygens (including phenoxy) is 1. The Morgan fingerprint density at radius 2 is 1.89 bits per heavy atom. The Kier molecular flexibility index (Phi) is 10.1. The van der Waals surface area contributed by atoms with Crippen LogP contribution in [0.25, 0.3) is 0 Å². The van der Waals surface area contributed by atoms with E-state index in [4.69, 9.17) is 31.7 Å². The minimum atomic E-state index is -0.668. The molecule has 13 heteroatoms. The van der Waals surface area contributed by atoms with Crippen molar-refractivity contribution in [3.05, 3.63) is 64.7 Å². The van der Waals surface area contributed by atoms with Crippen LogP contribution in [-0.2, 0) is 16.0 Å². The van der Waals surface area contributed by atoms with Crippen LogP contribution in [-0.4, -0.2) is 28.2 Å². The fraction of sp³-hybridized carbons (Fsp3) is 0.348. The molecule has 2 aromatic carbocycles. The topological polar surface area (TPSA) is 107 Å². The van der Waals surface area contributed by atoms with E-state index in [2.05, 4.69) is 14.1 Å². The van der Waals surface area contributed by atoms with Gasteiger partial charge in [-0.25, -0.2) is 18.2 Å². The molecule has 1 saturated carbocycles. The third kappa shape index (κ3) is 7.68. The molecule has 7 nitrogen and oxygen atoms in total. The summed E-state index contributed by atoms with van der Waals surface area (Å²) >= 11 is 7.82. The normalized spacial score (nSPS) is 19.1. The average Bonchev–Trinajstić information content (AvgIpc) is 3.37. The highest BCUT2D eigenvalue weighted by Crippen LogP contribution is 2.40.